The van der Waals surface area contributed by atoms with Gasteiger partial charge in [0, 0.05) is 13.1 Å². The SMILES string of the molecule is CNC1(c2nc3ccc(/C=C/C(=O)OC)cc3n2C)CC[C@H]1C. The molecule has 5 nitrogen and oxygen atoms in total. The van der Waals surface area contributed by atoms with Gasteiger partial charge in [-0.05, 0) is 49.6 Å². The summed E-state index contributed by atoms with van der Waals surface area (Å²) in [5.74, 6) is 1.30. The number of benzene rings is 1. The lowest BCUT2D eigenvalue weighted by molar-refractivity contribution is -0.134. The summed E-state index contributed by atoms with van der Waals surface area (Å²) in [7, 11) is 5.45. The lowest BCUT2D eigenvalue weighted by atomic mass is 9.67. The van der Waals surface area contributed by atoms with Crippen molar-refractivity contribution in [3.8, 4) is 0 Å². The highest BCUT2D eigenvalue weighted by Gasteiger charge is 2.47. The van der Waals surface area contributed by atoms with Gasteiger partial charge in [-0.25, -0.2) is 9.78 Å². The Labute approximate surface area is 136 Å². The van der Waals surface area contributed by atoms with Crippen LogP contribution in [0, 0.1) is 5.92 Å². The van der Waals surface area contributed by atoms with E-state index >= 15 is 0 Å². The number of esters is 1. The first kappa shape index (κ1) is 15.7. The zero-order valence-corrected chi connectivity index (χ0v) is 14.1. The number of nitrogens with zero attached hydrogens (tertiary/aromatic N) is 2. The maximum atomic E-state index is 11.2. The van der Waals surface area contributed by atoms with Crippen LogP contribution in [0.25, 0.3) is 17.1 Å². The summed E-state index contributed by atoms with van der Waals surface area (Å²) in [5.41, 5.74) is 2.97. The molecule has 0 aliphatic heterocycles. The molecule has 1 saturated carbocycles. The summed E-state index contributed by atoms with van der Waals surface area (Å²) in [5, 5.41) is 3.49. The normalized spacial score (nSPS) is 24.1. The molecule has 0 bridgehead atoms. The van der Waals surface area contributed by atoms with Crippen molar-refractivity contribution in [2.75, 3.05) is 14.2 Å². The van der Waals surface area contributed by atoms with E-state index < -0.39 is 0 Å². The van der Waals surface area contributed by atoms with Crippen LogP contribution in [0.1, 0.15) is 31.2 Å². The first-order valence-electron chi connectivity index (χ1n) is 7.93. The summed E-state index contributed by atoms with van der Waals surface area (Å²) in [6.45, 7) is 2.27. The Bertz CT molecular complexity index is 774. The number of ether oxygens (including phenoxy) is 1. The van der Waals surface area contributed by atoms with Gasteiger partial charge >= 0.3 is 5.97 Å². The molecule has 0 radical (unpaired) electrons. The topological polar surface area (TPSA) is 56.1 Å². The molecule has 23 heavy (non-hydrogen) atoms. The second-order valence-corrected chi connectivity index (χ2v) is 6.26. The molecule has 5 heteroatoms. The number of rotatable bonds is 4. The first-order valence-corrected chi connectivity index (χ1v) is 7.93. The van der Waals surface area contributed by atoms with Crippen LogP contribution in [0.15, 0.2) is 24.3 Å². The zero-order valence-electron chi connectivity index (χ0n) is 14.1. The Morgan fingerprint density at radius 2 is 2.30 bits per heavy atom. The molecule has 1 N–H and O–H groups in total. The first-order chi connectivity index (χ1) is 11.0. The van der Waals surface area contributed by atoms with Gasteiger partial charge in [0.25, 0.3) is 0 Å². The standard InChI is InChI=1S/C18H23N3O2/c1-12-9-10-18(12,19-2)17-20-14-7-5-13(6-8-16(22)23-4)11-15(14)21(17)3/h5-8,11-12,19H,9-10H2,1-4H3/b8-6+/t12-,18?/m1/s1. The predicted octanol–water partition coefficient (Wildman–Crippen LogP) is 2.60. The fraction of sp³-hybridized carbons (Fsp3) is 0.444. The van der Waals surface area contributed by atoms with Crippen molar-refractivity contribution in [3.63, 3.8) is 0 Å². The van der Waals surface area contributed by atoms with E-state index in [0.29, 0.717) is 5.92 Å². The largest absolute Gasteiger partial charge is 0.466 e. The van der Waals surface area contributed by atoms with E-state index in [0.717, 1.165) is 28.8 Å². The second-order valence-electron chi connectivity index (χ2n) is 6.26. The number of hydrogen-bond acceptors (Lipinski definition) is 4. The molecule has 1 unspecified atom stereocenters. The Balaban J connectivity index is 2.03. The molecule has 2 atom stereocenters. The summed E-state index contributed by atoms with van der Waals surface area (Å²) < 4.78 is 6.79. The Hall–Kier alpha value is -2.14. The molecule has 122 valence electrons. The van der Waals surface area contributed by atoms with Crippen molar-refractivity contribution in [2.45, 2.75) is 25.3 Å². The van der Waals surface area contributed by atoms with Crippen LogP contribution < -0.4 is 5.32 Å². The quantitative estimate of drug-likeness (QED) is 0.696. The van der Waals surface area contributed by atoms with Gasteiger partial charge in [0.1, 0.15) is 5.82 Å². The fourth-order valence-electron chi connectivity index (χ4n) is 3.48. The van der Waals surface area contributed by atoms with E-state index in [4.69, 9.17) is 4.98 Å². The number of methoxy groups -OCH3 is 1. The van der Waals surface area contributed by atoms with Gasteiger partial charge in [0.05, 0.1) is 23.7 Å². The highest BCUT2D eigenvalue weighted by Crippen LogP contribution is 2.46. The molecule has 1 aliphatic rings. The molecule has 1 aliphatic carbocycles. The van der Waals surface area contributed by atoms with E-state index in [9.17, 15) is 4.79 Å². The Morgan fingerprint density at radius 3 is 2.87 bits per heavy atom. The van der Waals surface area contributed by atoms with Crippen molar-refractivity contribution in [3.05, 3.63) is 35.7 Å². The maximum absolute atomic E-state index is 11.2. The van der Waals surface area contributed by atoms with E-state index in [1.807, 2.05) is 19.2 Å². The number of nitrogens with one attached hydrogen (secondary N) is 1. The van der Waals surface area contributed by atoms with Crippen LogP contribution in [-0.4, -0.2) is 29.7 Å². The zero-order chi connectivity index (χ0) is 16.6. The molecule has 1 aromatic carbocycles. The van der Waals surface area contributed by atoms with E-state index in [2.05, 4.69) is 34.7 Å². The summed E-state index contributed by atoms with van der Waals surface area (Å²) in [6, 6.07) is 6.02. The highest BCUT2D eigenvalue weighted by molar-refractivity contribution is 5.88. The van der Waals surface area contributed by atoms with Crippen LogP contribution in [0.5, 0.6) is 0 Å². The second kappa shape index (κ2) is 5.81. The van der Waals surface area contributed by atoms with E-state index in [1.165, 1.54) is 19.6 Å². The maximum Gasteiger partial charge on any atom is 0.330 e. The van der Waals surface area contributed by atoms with Gasteiger partial charge < -0.3 is 14.6 Å². The molecule has 1 aromatic heterocycles. The Morgan fingerprint density at radius 1 is 1.52 bits per heavy atom. The number of hydrogen-bond donors (Lipinski definition) is 1. The van der Waals surface area contributed by atoms with Gasteiger partial charge in [0.2, 0.25) is 0 Å². The number of aromatic nitrogens is 2. The third kappa shape index (κ3) is 2.45. The van der Waals surface area contributed by atoms with Crippen LogP contribution >= 0.6 is 0 Å². The van der Waals surface area contributed by atoms with Gasteiger partial charge in [-0.2, -0.15) is 0 Å². The minimum Gasteiger partial charge on any atom is -0.466 e. The summed E-state index contributed by atoms with van der Waals surface area (Å²) in [6.07, 6.45) is 5.52. The van der Waals surface area contributed by atoms with Crippen molar-refractivity contribution >= 4 is 23.1 Å². The lowest BCUT2D eigenvalue weighted by Gasteiger charge is -2.47. The van der Waals surface area contributed by atoms with Crippen molar-refractivity contribution in [2.24, 2.45) is 13.0 Å². The molecular weight excluding hydrogens is 290 g/mol. The average molecular weight is 313 g/mol. The van der Waals surface area contributed by atoms with Gasteiger partial charge in [0.15, 0.2) is 0 Å². The molecular formula is C18H23N3O2. The van der Waals surface area contributed by atoms with Crippen LogP contribution in [-0.2, 0) is 22.1 Å². The number of imidazole rings is 1. The minimum atomic E-state index is -0.353. The van der Waals surface area contributed by atoms with Gasteiger partial charge in [-0.15, -0.1) is 0 Å². The van der Waals surface area contributed by atoms with E-state index in [-0.39, 0.29) is 11.5 Å². The molecule has 0 saturated heterocycles. The molecule has 1 heterocycles. The van der Waals surface area contributed by atoms with E-state index in [1.54, 1.807) is 6.08 Å². The summed E-state index contributed by atoms with van der Waals surface area (Å²) >= 11 is 0. The lowest BCUT2D eigenvalue weighted by Crippen LogP contribution is -2.54. The number of carbonyl (C=O) groups is 1. The van der Waals surface area contributed by atoms with Crippen molar-refractivity contribution in [1.29, 1.82) is 0 Å². The number of aryl methyl sites for hydroxylation is 1. The van der Waals surface area contributed by atoms with Crippen molar-refractivity contribution in [1.82, 2.24) is 14.9 Å². The van der Waals surface area contributed by atoms with Crippen molar-refractivity contribution < 1.29 is 9.53 Å². The van der Waals surface area contributed by atoms with Crippen LogP contribution in [0.2, 0.25) is 0 Å². The molecule has 3 rings (SSSR count). The molecule has 2 aromatic rings. The molecule has 0 amide bonds. The van der Waals surface area contributed by atoms with Gasteiger partial charge in [-0.1, -0.05) is 13.0 Å². The number of fused-ring (bicyclic) bond motifs is 1. The predicted molar refractivity (Wildman–Crippen MR) is 90.9 cm³/mol. The third-order valence-electron chi connectivity index (χ3n) is 5.18. The van der Waals surface area contributed by atoms with Crippen LogP contribution in [0.3, 0.4) is 0 Å². The Kier molecular flexibility index (Phi) is 3.98. The summed E-state index contributed by atoms with van der Waals surface area (Å²) in [4.78, 5) is 16.1. The smallest absolute Gasteiger partial charge is 0.330 e. The average Bonchev–Trinajstić information content (AvgIpc) is 2.89. The van der Waals surface area contributed by atoms with Gasteiger partial charge in [-0.3, -0.25) is 0 Å². The highest BCUT2D eigenvalue weighted by atomic mass is 16.5. The third-order valence-corrected chi connectivity index (χ3v) is 5.18. The fourth-order valence-corrected chi connectivity index (χ4v) is 3.48. The molecule has 0 spiro atoms. The molecule has 1 fully saturated rings. The monoisotopic (exact) mass is 313 g/mol. The minimum absolute atomic E-state index is 0.0320. The number of carbonyl (C=O) groups excluding carboxylic acids is 1. The van der Waals surface area contributed by atoms with Crippen LogP contribution in [0.4, 0.5) is 0 Å².